The van der Waals surface area contributed by atoms with Crippen LogP contribution in [0.2, 0.25) is 0 Å². The number of aliphatic hydroxyl groups is 1. The van der Waals surface area contributed by atoms with Crippen molar-refractivity contribution in [3.63, 3.8) is 0 Å². The summed E-state index contributed by atoms with van der Waals surface area (Å²) >= 11 is 0. The third-order valence-electron chi connectivity index (χ3n) is 5.02. The van der Waals surface area contributed by atoms with Gasteiger partial charge in [0.25, 0.3) is 0 Å². The molecule has 0 saturated carbocycles. The van der Waals surface area contributed by atoms with Crippen LogP contribution in [0.3, 0.4) is 0 Å². The average Bonchev–Trinajstić information content (AvgIpc) is 2.80. The van der Waals surface area contributed by atoms with Crippen LogP contribution in [0.4, 0.5) is 11.4 Å². The predicted octanol–water partition coefficient (Wildman–Crippen LogP) is 4.62. The molecule has 0 fully saturated rings. The molecule has 4 rings (SSSR count). The van der Waals surface area contributed by atoms with Gasteiger partial charge < -0.3 is 15.7 Å². The molecule has 5 nitrogen and oxygen atoms in total. The van der Waals surface area contributed by atoms with E-state index in [1.807, 2.05) is 60.7 Å². The van der Waals surface area contributed by atoms with E-state index >= 15 is 0 Å². The summed E-state index contributed by atoms with van der Waals surface area (Å²) in [6.07, 6.45) is -0.571. The summed E-state index contributed by atoms with van der Waals surface area (Å²) < 4.78 is 0. The summed E-state index contributed by atoms with van der Waals surface area (Å²) in [6, 6.07) is 27.3. The van der Waals surface area contributed by atoms with Gasteiger partial charge in [-0.15, -0.1) is 0 Å². The minimum Gasteiger partial charge on any atom is -0.389 e. The molecule has 0 unspecified atom stereocenters. The van der Waals surface area contributed by atoms with E-state index in [1.54, 1.807) is 12.1 Å². The Kier molecular flexibility index (Phi) is 5.48. The molecule has 30 heavy (non-hydrogen) atoms. The quantitative estimate of drug-likeness (QED) is 0.445. The summed E-state index contributed by atoms with van der Waals surface area (Å²) in [5.74, 6) is 0. The maximum Gasteiger partial charge on any atom is 0.0991 e. The van der Waals surface area contributed by atoms with E-state index in [2.05, 4.69) is 22.8 Å². The number of fused-ring (bicyclic) bond motifs is 2. The third kappa shape index (κ3) is 4.33. The van der Waals surface area contributed by atoms with Gasteiger partial charge in [0.05, 0.1) is 29.4 Å². The molecule has 0 radical (unpaired) electrons. The lowest BCUT2D eigenvalue weighted by atomic mass is 10.1. The third-order valence-corrected chi connectivity index (χ3v) is 5.02. The highest BCUT2D eigenvalue weighted by atomic mass is 16.3. The van der Waals surface area contributed by atoms with Gasteiger partial charge in [-0.2, -0.15) is 10.5 Å². The fraction of sp³-hybridized carbons (Fsp3) is 0.120. The van der Waals surface area contributed by atoms with Crippen molar-refractivity contribution in [2.75, 3.05) is 23.7 Å². The van der Waals surface area contributed by atoms with Crippen LogP contribution in [0.5, 0.6) is 0 Å². The minimum atomic E-state index is -0.571. The molecule has 0 bridgehead atoms. The van der Waals surface area contributed by atoms with Crippen LogP contribution in [0.1, 0.15) is 11.1 Å². The first-order valence-corrected chi connectivity index (χ1v) is 9.68. The Morgan fingerprint density at radius 3 is 1.47 bits per heavy atom. The van der Waals surface area contributed by atoms with E-state index < -0.39 is 6.10 Å². The first-order valence-electron chi connectivity index (χ1n) is 9.68. The lowest BCUT2D eigenvalue weighted by Gasteiger charge is -2.15. The van der Waals surface area contributed by atoms with E-state index in [9.17, 15) is 5.11 Å². The standard InChI is InChI=1S/C25H20N4O/c26-13-17-1-3-21-11-23(7-5-19(21)9-17)28-15-25(30)16-29-24-8-6-20-10-18(14-27)2-4-22(20)12-24/h1-12,25,28-30H,15-16H2. The first-order chi connectivity index (χ1) is 14.6. The zero-order valence-electron chi connectivity index (χ0n) is 16.3. The van der Waals surface area contributed by atoms with Crippen molar-refractivity contribution >= 4 is 32.9 Å². The van der Waals surface area contributed by atoms with Gasteiger partial charge in [-0.25, -0.2) is 0 Å². The van der Waals surface area contributed by atoms with Crippen LogP contribution in [-0.4, -0.2) is 24.3 Å². The van der Waals surface area contributed by atoms with Crippen molar-refractivity contribution in [3.8, 4) is 12.1 Å². The molecular weight excluding hydrogens is 372 g/mol. The van der Waals surface area contributed by atoms with Gasteiger partial charge in [-0.1, -0.05) is 24.3 Å². The maximum atomic E-state index is 10.3. The Balaban J connectivity index is 1.34. The number of rotatable bonds is 6. The van der Waals surface area contributed by atoms with E-state index in [1.165, 1.54) is 0 Å². The normalized spacial score (nSPS) is 10.7. The highest BCUT2D eigenvalue weighted by Crippen LogP contribution is 2.22. The Morgan fingerprint density at radius 1 is 0.633 bits per heavy atom. The predicted molar refractivity (Wildman–Crippen MR) is 120 cm³/mol. The molecule has 0 saturated heterocycles. The number of nitrogens with one attached hydrogen (secondary N) is 2. The van der Waals surface area contributed by atoms with Crippen molar-refractivity contribution in [1.82, 2.24) is 0 Å². The van der Waals surface area contributed by atoms with Crippen molar-refractivity contribution in [2.24, 2.45) is 0 Å². The van der Waals surface area contributed by atoms with Crippen molar-refractivity contribution in [3.05, 3.63) is 83.9 Å². The number of nitrogens with zero attached hydrogens (tertiary/aromatic N) is 2. The highest BCUT2D eigenvalue weighted by molar-refractivity contribution is 5.87. The molecule has 146 valence electrons. The molecule has 5 heteroatoms. The molecule has 4 aromatic rings. The molecule has 0 aliphatic rings. The molecule has 0 spiro atoms. The fourth-order valence-electron chi connectivity index (χ4n) is 3.39. The minimum absolute atomic E-state index is 0.411. The Hall–Kier alpha value is -4.06. The van der Waals surface area contributed by atoms with Crippen molar-refractivity contribution in [1.29, 1.82) is 10.5 Å². The monoisotopic (exact) mass is 392 g/mol. The molecular formula is C25H20N4O. The van der Waals surface area contributed by atoms with Gasteiger partial charge >= 0.3 is 0 Å². The second-order valence-corrected chi connectivity index (χ2v) is 7.19. The van der Waals surface area contributed by atoms with Crippen molar-refractivity contribution in [2.45, 2.75) is 6.10 Å². The van der Waals surface area contributed by atoms with Crippen LogP contribution >= 0.6 is 0 Å². The number of hydrogen-bond donors (Lipinski definition) is 3. The molecule has 4 aromatic carbocycles. The first kappa shape index (κ1) is 19.3. The van der Waals surface area contributed by atoms with Crippen LogP contribution in [0.15, 0.2) is 72.8 Å². The smallest absolute Gasteiger partial charge is 0.0991 e. The maximum absolute atomic E-state index is 10.3. The SMILES string of the molecule is N#Cc1ccc2cc(NCC(O)CNc3ccc4cc(C#N)ccc4c3)ccc2c1. The fourth-order valence-corrected chi connectivity index (χ4v) is 3.39. The second kappa shape index (κ2) is 8.53. The Bertz CT molecular complexity index is 1200. The molecule has 0 aliphatic heterocycles. The number of benzene rings is 4. The van der Waals surface area contributed by atoms with Crippen LogP contribution in [0, 0.1) is 22.7 Å². The largest absolute Gasteiger partial charge is 0.389 e. The van der Waals surface area contributed by atoms with E-state index in [0.717, 1.165) is 32.9 Å². The molecule has 0 atom stereocenters. The number of anilines is 2. The molecule has 0 aliphatic carbocycles. The lowest BCUT2D eigenvalue weighted by Crippen LogP contribution is -2.27. The molecule has 3 N–H and O–H groups in total. The summed E-state index contributed by atoms with van der Waals surface area (Å²) in [4.78, 5) is 0. The van der Waals surface area contributed by atoms with Crippen LogP contribution in [0.25, 0.3) is 21.5 Å². The average molecular weight is 392 g/mol. The van der Waals surface area contributed by atoms with E-state index in [0.29, 0.717) is 24.2 Å². The second-order valence-electron chi connectivity index (χ2n) is 7.19. The number of nitriles is 2. The van der Waals surface area contributed by atoms with Crippen LogP contribution < -0.4 is 10.6 Å². The van der Waals surface area contributed by atoms with Gasteiger partial charge in [-0.05, 0) is 70.1 Å². The summed E-state index contributed by atoms with van der Waals surface area (Å²) in [5.41, 5.74) is 3.13. The topological polar surface area (TPSA) is 91.9 Å². The summed E-state index contributed by atoms with van der Waals surface area (Å²) in [7, 11) is 0. The van der Waals surface area contributed by atoms with E-state index in [-0.39, 0.29) is 0 Å². The van der Waals surface area contributed by atoms with Gasteiger partial charge in [0.2, 0.25) is 0 Å². The number of hydrogen-bond acceptors (Lipinski definition) is 5. The van der Waals surface area contributed by atoms with Gasteiger partial charge in [0, 0.05) is 24.5 Å². The highest BCUT2D eigenvalue weighted by Gasteiger charge is 2.06. The van der Waals surface area contributed by atoms with Crippen molar-refractivity contribution < 1.29 is 5.11 Å². The summed E-state index contributed by atoms with van der Waals surface area (Å²) in [5, 5.41) is 39.0. The Morgan fingerprint density at radius 2 is 1.03 bits per heavy atom. The summed E-state index contributed by atoms with van der Waals surface area (Å²) in [6.45, 7) is 0.821. The molecule has 0 amide bonds. The zero-order valence-corrected chi connectivity index (χ0v) is 16.3. The van der Waals surface area contributed by atoms with Gasteiger partial charge in [-0.3, -0.25) is 0 Å². The zero-order chi connectivity index (χ0) is 20.9. The van der Waals surface area contributed by atoms with E-state index in [4.69, 9.17) is 10.5 Å². The van der Waals surface area contributed by atoms with Gasteiger partial charge in [0.1, 0.15) is 0 Å². The lowest BCUT2D eigenvalue weighted by molar-refractivity contribution is 0.201. The Labute approximate surface area is 174 Å². The number of aliphatic hydroxyl groups excluding tert-OH is 1. The van der Waals surface area contributed by atoms with Crippen LogP contribution in [-0.2, 0) is 0 Å². The van der Waals surface area contributed by atoms with Gasteiger partial charge in [0.15, 0.2) is 0 Å². The molecule has 0 aromatic heterocycles. The molecule has 0 heterocycles.